The molecule has 2 rings (SSSR count). The zero-order valence-electron chi connectivity index (χ0n) is 11.6. The molecule has 2 aromatic rings. The molecule has 0 heterocycles. The monoisotopic (exact) mass is 289 g/mol. The molecule has 110 valence electrons. The van der Waals surface area contributed by atoms with E-state index in [4.69, 9.17) is 15.2 Å². The molecule has 21 heavy (non-hydrogen) atoms. The third-order valence-electron chi connectivity index (χ3n) is 2.81. The van der Waals surface area contributed by atoms with Crippen LogP contribution in [0.25, 0.3) is 0 Å². The minimum Gasteiger partial charge on any atom is -0.491 e. The molecule has 0 unspecified atom stereocenters. The standard InChI is InChI=1S/C16H16FNO3/c1-2-20-15-13(7-4-8-14(15)18)16(19)21-10-11-5-3-6-12(17)9-11/h3-9H,2,10,18H2,1H3. The van der Waals surface area contributed by atoms with Crippen LogP contribution < -0.4 is 10.5 Å². The molecular formula is C16H16FNO3. The third-order valence-corrected chi connectivity index (χ3v) is 2.81. The van der Waals surface area contributed by atoms with Gasteiger partial charge in [0.05, 0.1) is 12.3 Å². The summed E-state index contributed by atoms with van der Waals surface area (Å²) in [5, 5.41) is 0. The molecule has 0 fully saturated rings. The maximum absolute atomic E-state index is 13.1. The molecule has 0 atom stereocenters. The summed E-state index contributed by atoms with van der Waals surface area (Å²) in [7, 11) is 0. The number of hydrogen-bond donors (Lipinski definition) is 1. The summed E-state index contributed by atoms with van der Waals surface area (Å²) in [6, 6.07) is 10.8. The van der Waals surface area contributed by atoms with E-state index >= 15 is 0 Å². The van der Waals surface area contributed by atoms with E-state index in [1.54, 1.807) is 37.3 Å². The van der Waals surface area contributed by atoms with Gasteiger partial charge in [-0.25, -0.2) is 9.18 Å². The van der Waals surface area contributed by atoms with E-state index in [-0.39, 0.29) is 18.0 Å². The lowest BCUT2D eigenvalue weighted by atomic mass is 10.1. The fourth-order valence-corrected chi connectivity index (χ4v) is 1.87. The predicted molar refractivity (Wildman–Crippen MR) is 77.5 cm³/mol. The number of nitrogen functional groups attached to an aromatic ring is 1. The molecule has 0 saturated heterocycles. The molecule has 0 aliphatic heterocycles. The molecule has 0 radical (unpaired) electrons. The Morgan fingerprint density at radius 2 is 2.00 bits per heavy atom. The Kier molecular flexibility index (Phi) is 4.77. The molecule has 0 saturated carbocycles. The van der Waals surface area contributed by atoms with Gasteiger partial charge in [-0.05, 0) is 36.8 Å². The summed E-state index contributed by atoms with van der Waals surface area (Å²) in [6.45, 7) is 2.17. The molecule has 5 heteroatoms. The summed E-state index contributed by atoms with van der Waals surface area (Å²) in [6.07, 6.45) is 0. The lowest BCUT2D eigenvalue weighted by Crippen LogP contribution is -2.09. The number of esters is 1. The van der Waals surface area contributed by atoms with Gasteiger partial charge in [-0.1, -0.05) is 18.2 Å². The Morgan fingerprint density at radius 1 is 1.24 bits per heavy atom. The first-order chi connectivity index (χ1) is 10.1. The molecule has 2 N–H and O–H groups in total. The summed E-state index contributed by atoms with van der Waals surface area (Å²) in [5.74, 6) is -0.623. The zero-order valence-corrected chi connectivity index (χ0v) is 11.6. The van der Waals surface area contributed by atoms with Crippen LogP contribution in [0.4, 0.5) is 10.1 Å². The number of anilines is 1. The lowest BCUT2D eigenvalue weighted by molar-refractivity contribution is 0.0468. The van der Waals surface area contributed by atoms with E-state index in [2.05, 4.69) is 0 Å². The van der Waals surface area contributed by atoms with Crippen molar-refractivity contribution in [3.63, 3.8) is 0 Å². The van der Waals surface area contributed by atoms with Crippen LogP contribution in [0, 0.1) is 5.82 Å². The normalized spacial score (nSPS) is 10.2. The minimum absolute atomic E-state index is 0.0169. The second-order valence-electron chi connectivity index (χ2n) is 4.36. The Hall–Kier alpha value is -2.56. The Balaban J connectivity index is 2.12. The second kappa shape index (κ2) is 6.74. The number of carbonyl (C=O) groups excluding carboxylic acids is 1. The Bertz CT molecular complexity index is 643. The van der Waals surface area contributed by atoms with Gasteiger partial charge in [0, 0.05) is 0 Å². The fraction of sp³-hybridized carbons (Fsp3) is 0.188. The van der Waals surface area contributed by atoms with Crippen LogP contribution in [-0.4, -0.2) is 12.6 Å². The van der Waals surface area contributed by atoms with Gasteiger partial charge >= 0.3 is 5.97 Å². The first kappa shape index (κ1) is 14.8. The van der Waals surface area contributed by atoms with E-state index in [0.29, 0.717) is 23.6 Å². The number of rotatable bonds is 5. The largest absolute Gasteiger partial charge is 0.491 e. The summed E-state index contributed by atoms with van der Waals surface area (Å²) < 4.78 is 23.6. The molecule has 0 bridgehead atoms. The highest BCUT2D eigenvalue weighted by atomic mass is 19.1. The quantitative estimate of drug-likeness (QED) is 0.678. The van der Waals surface area contributed by atoms with Crippen molar-refractivity contribution < 1.29 is 18.7 Å². The third kappa shape index (κ3) is 3.72. The molecule has 0 aliphatic rings. The first-order valence-corrected chi connectivity index (χ1v) is 6.54. The number of para-hydroxylation sites is 1. The molecule has 4 nitrogen and oxygen atoms in total. The maximum Gasteiger partial charge on any atom is 0.342 e. The van der Waals surface area contributed by atoms with Gasteiger partial charge in [-0.3, -0.25) is 0 Å². The number of nitrogens with two attached hydrogens (primary N) is 1. The average Bonchev–Trinajstić information content (AvgIpc) is 2.47. The van der Waals surface area contributed by atoms with Gasteiger partial charge in [-0.15, -0.1) is 0 Å². The summed E-state index contributed by atoms with van der Waals surface area (Å²) in [4.78, 5) is 12.1. The van der Waals surface area contributed by atoms with E-state index in [1.807, 2.05) is 0 Å². The predicted octanol–water partition coefficient (Wildman–Crippen LogP) is 3.16. The highest BCUT2D eigenvalue weighted by Crippen LogP contribution is 2.27. The van der Waals surface area contributed by atoms with Gasteiger partial charge in [-0.2, -0.15) is 0 Å². The maximum atomic E-state index is 13.1. The van der Waals surface area contributed by atoms with Crippen molar-refractivity contribution in [1.82, 2.24) is 0 Å². The van der Waals surface area contributed by atoms with E-state index in [9.17, 15) is 9.18 Å². The van der Waals surface area contributed by atoms with Crippen molar-refractivity contribution in [2.24, 2.45) is 0 Å². The van der Waals surface area contributed by atoms with E-state index < -0.39 is 5.97 Å². The average molecular weight is 289 g/mol. The highest BCUT2D eigenvalue weighted by Gasteiger charge is 2.16. The number of ether oxygens (including phenoxy) is 2. The van der Waals surface area contributed by atoms with Crippen LogP contribution in [-0.2, 0) is 11.3 Å². The van der Waals surface area contributed by atoms with Crippen molar-refractivity contribution in [3.8, 4) is 5.75 Å². The fourth-order valence-electron chi connectivity index (χ4n) is 1.87. The van der Waals surface area contributed by atoms with E-state index in [0.717, 1.165) is 0 Å². The SMILES string of the molecule is CCOc1c(N)cccc1C(=O)OCc1cccc(F)c1. The minimum atomic E-state index is -0.560. The van der Waals surface area contributed by atoms with Gasteiger partial charge in [0.2, 0.25) is 0 Å². The molecule has 0 spiro atoms. The van der Waals surface area contributed by atoms with Crippen molar-refractivity contribution in [2.45, 2.75) is 13.5 Å². The van der Waals surface area contributed by atoms with Crippen LogP contribution in [0.3, 0.4) is 0 Å². The highest BCUT2D eigenvalue weighted by molar-refractivity contribution is 5.94. The number of halogens is 1. The van der Waals surface area contributed by atoms with Gasteiger partial charge in [0.15, 0.2) is 5.75 Å². The van der Waals surface area contributed by atoms with Crippen LogP contribution in [0.15, 0.2) is 42.5 Å². The Morgan fingerprint density at radius 3 is 2.71 bits per heavy atom. The zero-order chi connectivity index (χ0) is 15.2. The summed E-state index contributed by atoms with van der Waals surface area (Å²) in [5.41, 5.74) is 6.99. The van der Waals surface area contributed by atoms with Crippen LogP contribution in [0.5, 0.6) is 5.75 Å². The van der Waals surface area contributed by atoms with Gasteiger partial charge < -0.3 is 15.2 Å². The van der Waals surface area contributed by atoms with Crippen molar-refractivity contribution in [3.05, 3.63) is 59.4 Å². The van der Waals surface area contributed by atoms with Gasteiger partial charge in [0.25, 0.3) is 0 Å². The van der Waals surface area contributed by atoms with Crippen LogP contribution >= 0.6 is 0 Å². The summed E-state index contributed by atoms with van der Waals surface area (Å²) >= 11 is 0. The second-order valence-corrected chi connectivity index (χ2v) is 4.36. The smallest absolute Gasteiger partial charge is 0.342 e. The van der Waals surface area contributed by atoms with Crippen molar-refractivity contribution in [1.29, 1.82) is 0 Å². The number of benzene rings is 2. The topological polar surface area (TPSA) is 61.5 Å². The number of hydrogen-bond acceptors (Lipinski definition) is 4. The van der Waals surface area contributed by atoms with Gasteiger partial charge in [0.1, 0.15) is 18.0 Å². The lowest BCUT2D eigenvalue weighted by Gasteiger charge is -2.12. The molecule has 0 aromatic heterocycles. The molecule has 0 aliphatic carbocycles. The Labute approximate surface area is 122 Å². The molecule has 0 amide bonds. The first-order valence-electron chi connectivity index (χ1n) is 6.54. The van der Waals surface area contributed by atoms with Crippen LogP contribution in [0.2, 0.25) is 0 Å². The molecular weight excluding hydrogens is 273 g/mol. The molecule has 2 aromatic carbocycles. The van der Waals surface area contributed by atoms with Crippen molar-refractivity contribution in [2.75, 3.05) is 12.3 Å². The van der Waals surface area contributed by atoms with E-state index in [1.165, 1.54) is 12.1 Å². The number of carbonyl (C=O) groups is 1. The van der Waals surface area contributed by atoms with Crippen LogP contribution in [0.1, 0.15) is 22.8 Å². The van der Waals surface area contributed by atoms with Crippen molar-refractivity contribution >= 4 is 11.7 Å².